The van der Waals surface area contributed by atoms with Gasteiger partial charge in [-0.3, -0.25) is 10.1 Å². The van der Waals surface area contributed by atoms with Crippen LogP contribution in [0.3, 0.4) is 0 Å². The van der Waals surface area contributed by atoms with E-state index in [4.69, 9.17) is 32.7 Å². The van der Waals surface area contributed by atoms with Gasteiger partial charge in [-0.2, -0.15) is 0 Å². The highest BCUT2D eigenvalue weighted by Crippen LogP contribution is 2.32. The molecule has 1 aliphatic heterocycles. The molecule has 4 rings (SSSR count). The second kappa shape index (κ2) is 10.6. The average molecular weight is 721 g/mol. The molecule has 0 bridgehead atoms. The van der Waals surface area contributed by atoms with Gasteiger partial charge in [0.15, 0.2) is 5.70 Å². The van der Waals surface area contributed by atoms with Crippen molar-refractivity contribution in [2.75, 3.05) is 0 Å². The molecule has 0 fully saturated rings. The predicted octanol–water partition coefficient (Wildman–Crippen LogP) is 7.03. The smallest absolute Gasteiger partial charge is 0.363 e. The lowest BCUT2D eigenvalue weighted by molar-refractivity contribution is -0.384. The van der Waals surface area contributed by atoms with Gasteiger partial charge in [0, 0.05) is 16.7 Å². The Morgan fingerprint density at radius 1 is 1.06 bits per heavy atom. The summed E-state index contributed by atoms with van der Waals surface area (Å²) in [6.45, 7) is 0.386. The molecule has 0 atom stereocenters. The molecule has 1 heterocycles. The zero-order valence-corrected chi connectivity index (χ0v) is 22.8. The van der Waals surface area contributed by atoms with E-state index < -0.39 is 10.9 Å². The molecule has 0 spiro atoms. The number of benzene rings is 3. The summed E-state index contributed by atoms with van der Waals surface area (Å²) in [4.78, 5) is 27.1. The first kappa shape index (κ1) is 24.9. The molecule has 0 saturated carbocycles. The van der Waals surface area contributed by atoms with Gasteiger partial charge in [0.1, 0.15) is 17.4 Å². The second-order valence-electron chi connectivity index (χ2n) is 6.99. The molecule has 0 N–H and O–H groups in total. The minimum absolute atomic E-state index is 0.0167. The summed E-state index contributed by atoms with van der Waals surface area (Å²) < 4.78 is 12.9. The number of nitro groups is 1. The van der Waals surface area contributed by atoms with Crippen LogP contribution in [-0.2, 0) is 16.1 Å². The number of nitro benzene ring substituents is 1. The molecule has 1 aliphatic rings. The quantitative estimate of drug-likeness (QED) is 0.0897. The Morgan fingerprint density at radius 2 is 1.74 bits per heavy atom. The van der Waals surface area contributed by atoms with Crippen molar-refractivity contribution >= 4 is 92.0 Å². The molecule has 7 nitrogen and oxygen atoms in total. The van der Waals surface area contributed by atoms with E-state index in [1.54, 1.807) is 6.08 Å². The number of carbonyl (C=O) groups is 1. The molecule has 3 aromatic carbocycles. The molecule has 0 aliphatic carbocycles. The number of hydrogen-bond acceptors (Lipinski definition) is 6. The highest BCUT2D eigenvalue weighted by Gasteiger charge is 2.26. The van der Waals surface area contributed by atoms with Gasteiger partial charge in [0.05, 0.1) is 12.1 Å². The van der Waals surface area contributed by atoms with Crippen LogP contribution < -0.4 is 4.74 Å². The standard InChI is InChI=1S/C23H12Cl2I2N2O5/c24-15-4-1-12(2-5-15)11-33-21-17(26)7-13(8-18(21)27)9-19-23(30)34-22(28-19)14-3-6-16(25)20(10-14)29(31)32/h1-10H,11H2/b19-9-. The van der Waals surface area contributed by atoms with E-state index >= 15 is 0 Å². The summed E-state index contributed by atoms with van der Waals surface area (Å²) in [7, 11) is 0. The van der Waals surface area contributed by atoms with Crippen LogP contribution in [0.5, 0.6) is 5.75 Å². The summed E-state index contributed by atoms with van der Waals surface area (Å²) in [5.74, 6) is 0.0500. The number of rotatable bonds is 6. The van der Waals surface area contributed by atoms with Crippen molar-refractivity contribution in [2.45, 2.75) is 6.61 Å². The molecule has 0 amide bonds. The Balaban J connectivity index is 1.57. The third-order valence-electron chi connectivity index (χ3n) is 4.63. The lowest BCUT2D eigenvalue weighted by atomic mass is 10.2. The summed E-state index contributed by atoms with van der Waals surface area (Å²) >= 11 is 16.1. The van der Waals surface area contributed by atoms with Gasteiger partial charge in [0.2, 0.25) is 5.90 Å². The van der Waals surface area contributed by atoms with E-state index in [-0.39, 0.29) is 27.9 Å². The minimum atomic E-state index is -0.652. The first-order valence-corrected chi connectivity index (χ1v) is 12.5. The van der Waals surface area contributed by atoms with Gasteiger partial charge in [-0.1, -0.05) is 35.3 Å². The van der Waals surface area contributed by atoms with Crippen molar-refractivity contribution < 1.29 is 19.2 Å². The lowest BCUT2D eigenvalue weighted by Crippen LogP contribution is -2.06. The zero-order valence-electron chi connectivity index (χ0n) is 16.9. The highest BCUT2D eigenvalue weighted by molar-refractivity contribution is 14.1. The van der Waals surface area contributed by atoms with Crippen molar-refractivity contribution in [2.24, 2.45) is 4.99 Å². The van der Waals surface area contributed by atoms with Gasteiger partial charge < -0.3 is 9.47 Å². The first-order valence-electron chi connectivity index (χ1n) is 9.54. The van der Waals surface area contributed by atoms with Crippen molar-refractivity contribution in [3.8, 4) is 5.75 Å². The summed E-state index contributed by atoms with van der Waals surface area (Å²) in [6, 6.07) is 15.2. The molecule has 34 heavy (non-hydrogen) atoms. The number of aliphatic imine (C=N–C) groups is 1. The van der Waals surface area contributed by atoms with Crippen LogP contribution in [0.15, 0.2) is 65.3 Å². The predicted molar refractivity (Wildman–Crippen MR) is 146 cm³/mol. The number of carbonyl (C=O) groups excluding carboxylic acids is 1. The van der Waals surface area contributed by atoms with Crippen LogP contribution in [-0.4, -0.2) is 16.8 Å². The van der Waals surface area contributed by atoms with Crippen LogP contribution in [0.4, 0.5) is 5.69 Å². The van der Waals surface area contributed by atoms with Crippen LogP contribution in [0.25, 0.3) is 6.08 Å². The van der Waals surface area contributed by atoms with E-state index in [1.807, 2.05) is 36.4 Å². The van der Waals surface area contributed by atoms with Crippen LogP contribution in [0.2, 0.25) is 10.0 Å². The third kappa shape index (κ3) is 5.70. The SMILES string of the molecule is O=C1OC(c2ccc(Cl)c([N+](=O)[O-])c2)=N/C1=C\c1cc(I)c(OCc2ccc(Cl)cc2)c(I)c1. The summed E-state index contributed by atoms with van der Waals surface area (Å²) in [6.07, 6.45) is 1.59. The largest absolute Gasteiger partial charge is 0.487 e. The minimum Gasteiger partial charge on any atom is -0.487 e. The maximum Gasteiger partial charge on any atom is 0.363 e. The van der Waals surface area contributed by atoms with Gasteiger partial charge in [0.25, 0.3) is 5.69 Å². The van der Waals surface area contributed by atoms with E-state index in [1.165, 1.54) is 18.2 Å². The molecule has 0 radical (unpaired) electrons. The van der Waals surface area contributed by atoms with Crippen molar-refractivity contribution in [1.82, 2.24) is 0 Å². The van der Waals surface area contributed by atoms with Gasteiger partial charge in [-0.15, -0.1) is 0 Å². The summed E-state index contributed by atoms with van der Waals surface area (Å²) in [5.41, 5.74) is 1.78. The maximum absolute atomic E-state index is 12.4. The Labute approximate surface area is 231 Å². The van der Waals surface area contributed by atoms with E-state index in [9.17, 15) is 14.9 Å². The van der Waals surface area contributed by atoms with E-state index in [2.05, 4.69) is 50.2 Å². The number of hydrogen-bond donors (Lipinski definition) is 0. The summed E-state index contributed by atoms with van der Waals surface area (Å²) in [5, 5.41) is 11.8. The zero-order chi connectivity index (χ0) is 24.4. The first-order chi connectivity index (χ1) is 16.2. The normalized spacial score (nSPS) is 14.2. The number of ether oxygens (including phenoxy) is 2. The Morgan fingerprint density at radius 3 is 2.38 bits per heavy atom. The molecule has 3 aromatic rings. The molecular weight excluding hydrogens is 709 g/mol. The molecule has 0 aromatic heterocycles. The van der Waals surface area contributed by atoms with Crippen molar-refractivity contribution in [3.05, 3.63) is 104 Å². The van der Waals surface area contributed by atoms with Gasteiger partial charge in [-0.25, -0.2) is 9.79 Å². The van der Waals surface area contributed by atoms with Crippen LogP contribution in [0, 0.1) is 17.3 Å². The third-order valence-corrected chi connectivity index (χ3v) is 6.80. The second-order valence-corrected chi connectivity index (χ2v) is 10.2. The molecular formula is C23H12Cl2I2N2O5. The van der Waals surface area contributed by atoms with Crippen molar-refractivity contribution in [1.29, 1.82) is 0 Å². The van der Waals surface area contributed by atoms with Gasteiger partial charge in [-0.05, 0) is 98.8 Å². The number of nitrogens with zero attached hydrogens (tertiary/aromatic N) is 2. The number of cyclic esters (lactones) is 1. The average Bonchev–Trinajstić information content (AvgIpc) is 3.14. The topological polar surface area (TPSA) is 91.0 Å². The fraction of sp³-hybridized carbons (Fsp3) is 0.0435. The van der Waals surface area contributed by atoms with Crippen LogP contribution >= 0.6 is 68.4 Å². The van der Waals surface area contributed by atoms with Crippen molar-refractivity contribution in [3.63, 3.8) is 0 Å². The Hall–Kier alpha value is -2.22. The monoisotopic (exact) mass is 720 g/mol. The lowest BCUT2D eigenvalue weighted by Gasteiger charge is -2.11. The number of esters is 1. The molecule has 172 valence electrons. The van der Waals surface area contributed by atoms with Crippen LogP contribution in [0.1, 0.15) is 16.7 Å². The maximum atomic E-state index is 12.4. The number of halogens is 4. The van der Waals surface area contributed by atoms with E-state index in [0.717, 1.165) is 24.0 Å². The van der Waals surface area contributed by atoms with Gasteiger partial charge >= 0.3 is 5.97 Å². The molecule has 0 unspecified atom stereocenters. The fourth-order valence-electron chi connectivity index (χ4n) is 3.01. The molecule has 0 saturated heterocycles. The molecule has 11 heteroatoms. The fourth-order valence-corrected chi connectivity index (χ4v) is 5.45. The van der Waals surface area contributed by atoms with E-state index in [0.29, 0.717) is 11.6 Å². The Kier molecular flexibility index (Phi) is 7.75. The Bertz CT molecular complexity index is 1350. The highest BCUT2D eigenvalue weighted by atomic mass is 127.